The Bertz CT molecular complexity index is 636. The van der Waals surface area contributed by atoms with Crippen LogP contribution in [0.1, 0.15) is 10.4 Å². The third kappa shape index (κ3) is 3.09. The van der Waals surface area contributed by atoms with E-state index < -0.39 is 10.8 Å². The number of thiophene rings is 1. The Morgan fingerprint density at radius 2 is 2.20 bits per heavy atom. The molecule has 0 fully saturated rings. The summed E-state index contributed by atoms with van der Waals surface area (Å²) in [4.78, 5) is 27.9. The fourth-order valence-corrected chi connectivity index (χ4v) is 2.16. The van der Waals surface area contributed by atoms with E-state index in [9.17, 15) is 14.9 Å². The van der Waals surface area contributed by atoms with Gasteiger partial charge in [0, 0.05) is 25.5 Å². The van der Waals surface area contributed by atoms with Crippen molar-refractivity contribution in [3.8, 4) is 0 Å². The second-order valence-electron chi connectivity index (χ2n) is 4.18. The third-order valence-electron chi connectivity index (χ3n) is 2.53. The Balaban J connectivity index is 2.08. The highest BCUT2D eigenvalue weighted by atomic mass is 32.1. The van der Waals surface area contributed by atoms with Crippen molar-refractivity contribution in [1.82, 2.24) is 4.98 Å². The van der Waals surface area contributed by atoms with Crippen molar-refractivity contribution in [1.29, 1.82) is 0 Å². The zero-order valence-corrected chi connectivity index (χ0v) is 11.7. The van der Waals surface area contributed by atoms with Gasteiger partial charge in [-0.3, -0.25) is 14.9 Å². The summed E-state index contributed by atoms with van der Waals surface area (Å²) in [5.74, 6) is -0.0195. The van der Waals surface area contributed by atoms with Gasteiger partial charge in [-0.05, 0) is 12.1 Å². The minimum Gasteiger partial charge on any atom is -0.376 e. The molecule has 0 saturated carbocycles. The molecule has 0 aliphatic carbocycles. The summed E-state index contributed by atoms with van der Waals surface area (Å²) in [6, 6.07) is 4.74. The van der Waals surface area contributed by atoms with Gasteiger partial charge < -0.3 is 10.2 Å². The molecule has 0 atom stereocenters. The van der Waals surface area contributed by atoms with Crippen LogP contribution in [0, 0.1) is 10.1 Å². The minimum atomic E-state index is -0.522. The zero-order chi connectivity index (χ0) is 14.7. The Hall–Kier alpha value is -2.48. The topological polar surface area (TPSA) is 88.4 Å². The lowest BCUT2D eigenvalue weighted by Crippen LogP contribution is -2.13. The number of rotatable bonds is 4. The maximum absolute atomic E-state index is 11.9. The van der Waals surface area contributed by atoms with Gasteiger partial charge in [0.2, 0.25) is 0 Å². The van der Waals surface area contributed by atoms with Crippen molar-refractivity contribution in [3.05, 3.63) is 45.5 Å². The molecule has 0 saturated heterocycles. The maximum Gasteiger partial charge on any atom is 0.324 e. The molecule has 0 unspecified atom stereocenters. The lowest BCUT2D eigenvalue weighted by atomic mass is 10.3. The zero-order valence-electron chi connectivity index (χ0n) is 10.9. The van der Waals surface area contributed by atoms with E-state index in [1.54, 1.807) is 12.3 Å². The smallest absolute Gasteiger partial charge is 0.324 e. The number of pyridine rings is 1. The quantitative estimate of drug-likeness (QED) is 0.690. The van der Waals surface area contributed by atoms with Crippen molar-refractivity contribution < 1.29 is 9.72 Å². The van der Waals surface area contributed by atoms with E-state index in [1.807, 2.05) is 25.1 Å². The predicted molar refractivity (Wildman–Crippen MR) is 77.5 cm³/mol. The molecular weight excluding hydrogens is 280 g/mol. The molecule has 2 rings (SSSR count). The van der Waals surface area contributed by atoms with Gasteiger partial charge in [-0.15, -0.1) is 0 Å². The first-order valence-electron chi connectivity index (χ1n) is 5.65. The molecule has 0 aliphatic heterocycles. The molecule has 0 radical (unpaired) electrons. The number of anilines is 2. The van der Waals surface area contributed by atoms with Crippen LogP contribution in [-0.4, -0.2) is 29.9 Å². The van der Waals surface area contributed by atoms with E-state index >= 15 is 0 Å². The number of amides is 1. The minimum absolute atomic E-state index is 0.0638. The van der Waals surface area contributed by atoms with Gasteiger partial charge in [0.15, 0.2) is 0 Å². The molecule has 2 aromatic rings. The Kier molecular flexibility index (Phi) is 3.94. The van der Waals surface area contributed by atoms with Gasteiger partial charge in [0.25, 0.3) is 5.91 Å². The molecule has 2 heterocycles. The maximum atomic E-state index is 11.9. The highest BCUT2D eigenvalue weighted by Crippen LogP contribution is 2.23. The molecule has 8 heteroatoms. The molecule has 20 heavy (non-hydrogen) atoms. The fraction of sp³-hybridized carbons (Fsp3) is 0.167. The highest BCUT2D eigenvalue weighted by molar-refractivity contribution is 7.13. The number of hydrogen-bond donors (Lipinski definition) is 1. The molecule has 0 aliphatic rings. The molecule has 2 aromatic heterocycles. The molecule has 0 bridgehead atoms. The van der Waals surface area contributed by atoms with Gasteiger partial charge >= 0.3 is 5.00 Å². The first-order chi connectivity index (χ1) is 9.47. The van der Waals surface area contributed by atoms with Crippen LogP contribution >= 0.6 is 11.3 Å². The second-order valence-corrected chi connectivity index (χ2v) is 5.07. The van der Waals surface area contributed by atoms with Crippen molar-refractivity contribution in [2.45, 2.75) is 0 Å². The summed E-state index contributed by atoms with van der Waals surface area (Å²) in [7, 11) is 3.78. The SMILES string of the molecule is CN(C)c1ccc(NC(=O)c2csc([N+](=O)[O-])c2)nc1. The van der Waals surface area contributed by atoms with Crippen LogP contribution < -0.4 is 10.2 Å². The number of nitrogens with zero attached hydrogens (tertiary/aromatic N) is 3. The Morgan fingerprint density at radius 1 is 1.45 bits per heavy atom. The molecule has 7 nitrogen and oxygen atoms in total. The molecule has 0 spiro atoms. The largest absolute Gasteiger partial charge is 0.376 e. The summed E-state index contributed by atoms with van der Waals surface area (Å²) >= 11 is 0.916. The van der Waals surface area contributed by atoms with Gasteiger partial charge in [-0.25, -0.2) is 4.98 Å². The number of hydrogen-bond acceptors (Lipinski definition) is 6. The molecule has 1 amide bonds. The van der Waals surface area contributed by atoms with Crippen LogP contribution in [-0.2, 0) is 0 Å². The van der Waals surface area contributed by atoms with Crippen molar-refractivity contribution in [2.75, 3.05) is 24.3 Å². The summed E-state index contributed by atoms with van der Waals surface area (Å²) < 4.78 is 0. The second kappa shape index (κ2) is 5.66. The first-order valence-corrected chi connectivity index (χ1v) is 6.53. The van der Waals surface area contributed by atoms with Gasteiger partial charge in [-0.1, -0.05) is 11.3 Å². The normalized spacial score (nSPS) is 10.1. The van der Waals surface area contributed by atoms with E-state index in [0.29, 0.717) is 5.82 Å². The van der Waals surface area contributed by atoms with Crippen molar-refractivity contribution >= 4 is 33.8 Å². The summed E-state index contributed by atoms with van der Waals surface area (Å²) in [5, 5.41) is 14.5. The van der Waals surface area contributed by atoms with Crippen molar-refractivity contribution in [3.63, 3.8) is 0 Å². The average Bonchev–Trinajstić information content (AvgIpc) is 2.89. The number of nitrogens with one attached hydrogen (secondary N) is 1. The van der Waals surface area contributed by atoms with Crippen LogP contribution in [0.2, 0.25) is 0 Å². The fourth-order valence-electron chi connectivity index (χ4n) is 1.45. The third-order valence-corrected chi connectivity index (χ3v) is 3.41. The average molecular weight is 292 g/mol. The molecular formula is C12H12N4O3S. The predicted octanol–water partition coefficient (Wildman–Crippen LogP) is 2.37. The lowest BCUT2D eigenvalue weighted by Gasteiger charge is -2.12. The van der Waals surface area contributed by atoms with Crippen molar-refractivity contribution in [2.24, 2.45) is 0 Å². The lowest BCUT2D eigenvalue weighted by molar-refractivity contribution is -0.380. The molecule has 1 N–H and O–H groups in total. The van der Waals surface area contributed by atoms with Crippen LogP contribution in [0.4, 0.5) is 16.5 Å². The van der Waals surface area contributed by atoms with Crippen LogP contribution in [0.25, 0.3) is 0 Å². The van der Waals surface area contributed by atoms with Crippen LogP contribution in [0.5, 0.6) is 0 Å². The van der Waals surface area contributed by atoms with Crippen LogP contribution in [0.3, 0.4) is 0 Å². The van der Waals surface area contributed by atoms with Gasteiger partial charge in [0.1, 0.15) is 5.82 Å². The monoisotopic (exact) mass is 292 g/mol. The number of aromatic nitrogens is 1. The number of nitro groups is 1. The van der Waals surface area contributed by atoms with E-state index in [2.05, 4.69) is 10.3 Å². The van der Waals surface area contributed by atoms with Gasteiger partial charge in [0.05, 0.1) is 22.4 Å². The van der Waals surface area contributed by atoms with E-state index in [4.69, 9.17) is 0 Å². The molecule has 0 aromatic carbocycles. The van der Waals surface area contributed by atoms with Crippen LogP contribution in [0.15, 0.2) is 29.8 Å². The highest BCUT2D eigenvalue weighted by Gasteiger charge is 2.15. The van der Waals surface area contributed by atoms with E-state index in [0.717, 1.165) is 17.0 Å². The molecule has 104 valence electrons. The Labute approximate surface area is 119 Å². The number of carbonyl (C=O) groups is 1. The van der Waals surface area contributed by atoms with E-state index in [1.165, 1.54) is 11.4 Å². The summed E-state index contributed by atoms with van der Waals surface area (Å²) in [6.45, 7) is 0. The van der Waals surface area contributed by atoms with Gasteiger partial charge in [-0.2, -0.15) is 0 Å². The summed E-state index contributed by atoms with van der Waals surface area (Å²) in [5.41, 5.74) is 1.16. The number of carbonyl (C=O) groups excluding carboxylic acids is 1. The van der Waals surface area contributed by atoms with E-state index in [-0.39, 0.29) is 10.6 Å². The first kappa shape index (κ1) is 13.9. The summed E-state index contributed by atoms with van der Waals surface area (Å²) in [6.07, 6.45) is 1.63. The standard InChI is InChI=1S/C12H12N4O3S/c1-15(2)9-3-4-10(13-6-9)14-12(17)8-5-11(16(18)19)20-7-8/h3-7H,1-2H3,(H,13,14,17). The Morgan fingerprint density at radius 3 is 2.70 bits per heavy atom.